The maximum Gasteiger partial charge on any atom is 0.307 e. The lowest BCUT2D eigenvalue weighted by Gasteiger charge is -2.23. The number of hydrogen-bond donors (Lipinski definition) is 3. The third-order valence-electron chi connectivity index (χ3n) is 3.84. The lowest BCUT2D eigenvalue weighted by Crippen LogP contribution is -2.44. The summed E-state index contributed by atoms with van der Waals surface area (Å²) in [7, 11) is 0. The fourth-order valence-electron chi connectivity index (χ4n) is 3.06. The molecule has 0 saturated heterocycles. The summed E-state index contributed by atoms with van der Waals surface area (Å²) in [6.45, 7) is 2.20. The van der Waals surface area contributed by atoms with Crippen molar-refractivity contribution in [3.63, 3.8) is 0 Å². The van der Waals surface area contributed by atoms with Crippen LogP contribution in [0.4, 0.5) is 0 Å². The number of carboxylic acids is 1. The Morgan fingerprint density at radius 1 is 1.16 bits per heavy atom. The molecule has 2 unspecified atom stereocenters. The minimum Gasteiger partial charge on any atom is -0.481 e. The van der Waals surface area contributed by atoms with Gasteiger partial charge in [-0.1, -0.05) is 12.2 Å². The van der Waals surface area contributed by atoms with E-state index in [-0.39, 0.29) is 30.2 Å². The van der Waals surface area contributed by atoms with Crippen LogP contribution in [0.15, 0.2) is 12.2 Å². The molecule has 1 fully saturated rings. The number of fused-ring (bicyclic) bond motifs is 2. The molecule has 0 aliphatic heterocycles. The van der Waals surface area contributed by atoms with E-state index in [1.165, 1.54) is 0 Å². The summed E-state index contributed by atoms with van der Waals surface area (Å²) in [5.41, 5.74) is 0. The SMILES string of the molecule is CCNC(=O)CNC(=O)[C@H]1C2C=CC(C2)[C@H]1C(=O)O. The monoisotopic (exact) mass is 266 g/mol. The van der Waals surface area contributed by atoms with E-state index in [0.717, 1.165) is 6.42 Å². The molecule has 4 atom stereocenters. The summed E-state index contributed by atoms with van der Waals surface area (Å²) in [5.74, 6) is -2.82. The fraction of sp³-hybridized carbons (Fsp3) is 0.615. The number of likely N-dealkylation sites (N-methyl/N-ethyl adjacent to an activating group) is 1. The Kier molecular flexibility index (Phi) is 3.87. The first kappa shape index (κ1) is 13.6. The molecule has 104 valence electrons. The van der Waals surface area contributed by atoms with E-state index in [9.17, 15) is 19.5 Å². The lowest BCUT2D eigenvalue weighted by molar-refractivity contribution is -0.147. The van der Waals surface area contributed by atoms with E-state index in [0.29, 0.717) is 6.54 Å². The number of rotatable bonds is 5. The summed E-state index contributed by atoms with van der Waals surface area (Å²) in [4.78, 5) is 34.6. The number of allylic oxidation sites excluding steroid dienone is 2. The van der Waals surface area contributed by atoms with Crippen LogP contribution in [0, 0.1) is 23.7 Å². The largest absolute Gasteiger partial charge is 0.481 e. The number of carboxylic acid groups (broad SMARTS) is 1. The molecule has 19 heavy (non-hydrogen) atoms. The van der Waals surface area contributed by atoms with Crippen LogP contribution in [0.2, 0.25) is 0 Å². The van der Waals surface area contributed by atoms with Crippen molar-refractivity contribution >= 4 is 17.8 Å². The molecular formula is C13H18N2O4. The average molecular weight is 266 g/mol. The second-order valence-corrected chi connectivity index (χ2v) is 5.01. The Morgan fingerprint density at radius 3 is 2.37 bits per heavy atom. The number of carbonyl (C=O) groups is 3. The summed E-state index contributed by atoms with van der Waals surface area (Å²) in [6, 6.07) is 0. The van der Waals surface area contributed by atoms with Crippen molar-refractivity contribution in [1.29, 1.82) is 0 Å². The van der Waals surface area contributed by atoms with Gasteiger partial charge in [0.1, 0.15) is 0 Å². The van der Waals surface area contributed by atoms with Crippen LogP contribution in [0.5, 0.6) is 0 Å². The molecule has 2 bridgehead atoms. The Balaban J connectivity index is 1.96. The molecular weight excluding hydrogens is 248 g/mol. The molecule has 3 N–H and O–H groups in total. The maximum atomic E-state index is 12.1. The normalized spacial score (nSPS) is 31.2. The highest BCUT2D eigenvalue weighted by Crippen LogP contribution is 2.48. The van der Waals surface area contributed by atoms with Gasteiger partial charge >= 0.3 is 5.97 Å². The van der Waals surface area contributed by atoms with Crippen molar-refractivity contribution in [2.75, 3.05) is 13.1 Å². The quantitative estimate of drug-likeness (QED) is 0.598. The van der Waals surface area contributed by atoms with Crippen molar-refractivity contribution in [2.45, 2.75) is 13.3 Å². The Hall–Kier alpha value is -1.85. The maximum absolute atomic E-state index is 12.1. The van der Waals surface area contributed by atoms with Crippen LogP contribution in [0.1, 0.15) is 13.3 Å². The van der Waals surface area contributed by atoms with Crippen molar-refractivity contribution < 1.29 is 19.5 Å². The molecule has 6 heteroatoms. The molecule has 2 rings (SSSR count). The number of nitrogens with one attached hydrogen (secondary N) is 2. The standard InChI is InChI=1S/C13H18N2O4/c1-2-14-9(16)6-15-12(17)10-7-3-4-8(5-7)11(10)13(18)19/h3-4,7-8,10-11H,2,5-6H2,1H3,(H,14,16)(H,15,17)(H,18,19)/t7?,8?,10-,11+/m0/s1. The van der Waals surface area contributed by atoms with Gasteiger partial charge < -0.3 is 15.7 Å². The molecule has 6 nitrogen and oxygen atoms in total. The van der Waals surface area contributed by atoms with Gasteiger partial charge in [0.05, 0.1) is 18.4 Å². The predicted octanol–water partition coefficient (Wildman–Crippen LogP) is -0.238. The third-order valence-corrected chi connectivity index (χ3v) is 3.84. The highest BCUT2D eigenvalue weighted by atomic mass is 16.4. The molecule has 0 heterocycles. The van der Waals surface area contributed by atoms with Gasteiger partial charge in [-0.3, -0.25) is 14.4 Å². The van der Waals surface area contributed by atoms with Gasteiger partial charge in [0, 0.05) is 6.54 Å². The number of amides is 2. The second kappa shape index (κ2) is 5.42. The van der Waals surface area contributed by atoms with E-state index < -0.39 is 17.8 Å². The van der Waals surface area contributed by atoms with E-state index in [2.05, 4.69) is 10.6 Å². The zero-order valence-corrected chi connectivity index (χ0v) is 10.8. The van der Waals surface area contributed by atoms with Crippen molar-refractivity contribution in [1.82, 2.24) is 10.6 Å². The number of aliphatic carboxylic acids is 1. The molecule has 2 amide bonds. The molecule has 0 aromatic carbocycles. The van der Waals surface area contributed by atoms with Crippen molar-refractivity contribution in [3.8, 4) is 0 Å². The molecule has 0 aromatic heterocycles. The van der Waals surface area contributed by atoms with Crippen molar-refractivity contribution in [3.05, 3.63) is 12.2 Å². The third kappa shape index (κ3) is 2.62. The highest BCUT2D eigenvalue weighted by molar-refractivity contribution is 5.89. The smallest absolute Gasteiger partial charge is 0.307 e. The first-order valence-corrected chi connectivity index (χ1v) is 6.50. The minimum absolute atomic E-state index is 0.0136. The van der Waals surface area contributed by atoms with E-state index in [1.807, 2.05) is 12.2 Å². The molecule has 0 aromatic rings. The summed E-state index contributed by atoms with van der Waals surface area (Å²) in [5, 5.41) is 14.3. The summed E-state index contributed by atoms with van der Waals surface area (Å²) >= 11 is 0. The van der Waals surface area contributed by atoms with E-state index >= 15 is 0 Å². The molecule has 1 saturated carbocycles. The van der Waals surface area contributed by atoms with Crippen LogP contribution in [0.25, 0.3) is 0 Å². The Morgan fingerprint density at radius 2 is 1.79 bits per heavy atom. The molecule has 2 aliphatic rings. The van der Waals surface area contributed by atoms with Gasteiger partial charge in [-0.2, -0.15) is 0 Å². The van der Waals surface area contributed by atoms with Crippen LogP contribution in [-0.2, 0) is 14.4 Å². The van der Waals surface area contributed by atoms with Crippen LogP contribution >= 0.6 is 0 Å². The van der Waals surface area contributed by atoms with Gasteiger partial charge in [0.25, 0.3) is 0 Å². The minimum atomic E-state index is -0.935. The first-order valence-electron chi connectivity index (χ1n) is 6.50. The zero-order valence-electron chi connectivity index (χ0n) is 10.8. The number of hydrogen-bond acceptors (Lipinski definition) is 3. The van der Waals surface area contributed by atoms with E-state index in [4.69, 9.17) is 0 Å². The molecule has 0 spiro atoms. The van der Waals surface area contributed by atoms with E-state index in [1.54, 1.807) is 6.92 Å². The first-order chi connectivity index (χ1) is 9.04. The Bertz CT molecular complexity index is 432. The van der Waals surface area contributed by atoms with Crippen LogP contribution in [-0.4, -0.2) is 36.0 Å². The van der Waals surface area contributed by atoms with Crippen LogP contribution < -0.4 is 10.6 Å². The lowest BCUT2D eigenvalue weighted by atomic mass is 9.82. The average Bonchev–Trinajstić information content (AvgIpc) is 2.96. The zero-order chi connectivity index (χ0) is 14.0. The van der Waals surface area contributed by atoms with Gasteiger partial charge in [0.15, 0.2) is 0 Å². The van der Waals surface area contributed by atoms with Gasteiger partial charge in [0.2, 0.25) is 11.8 Å². The van der Waals surface area contributed by atoms with Gasteiger partial charge in [-0.25, -0.2) is 0 Å². The van der Waals surface area contributed by atoms with Gasteiger partial charge in [-0.15, -0.1) is 0 Å². The fourth-order valence-corrected chi connectivity index (χ4v) is 3.06. The van der Waals surface area contributed by atoms with Gasteiger partial charge in [-0.05, 0) is 25.2 Å². The van der Waals surface area contributed by atoms with Crippen LogP contribution in [0.3, 0.4) is 0 Å². The topological polar surface area (TPSA) is 95.5 Å². The molecule has 0 radical (unpaired) electrons. The summed E-state index contributed by atoms with van der Waals surface area (Å²) in [6.07, 6.45) is 4.52. The molecule has 2 aliphatic carbocycles. The Labute approximate surface area is 111 Å². The second-order valence-electron chi connectivity index (χ2n) is 5.01. The highest BCUT2D eigenvalue weighted by Gasteiger charge is 2.51. The predicted molar refractivity (Wildman–Crippen MR) is 67.0 cm³/mol. The summed E-state index contributed by atoms with van der Waals surface area (Å²) < 4.78 is 0. The van der Waals surface area contributed by atoms with Crippen molar-refractivity contribution in [2.24, 2.45) is 23.7 Å². The number of carbonyl (C=O) groups excluding carboxylic acids is 2.